The number of aliphatic hydroxyl groups is 2. The van der Waals surface area contributed by atoms with Crippen LogP contribution in [0.15, 0.2) is 33.0 Å². The molecule has 0 aromatic carbocycles. The fourth-order valence-corrected chi connectivity index (χ4v) is 7.72. The minimum Gasteiger partial charge on any atom is -0.511 e. The van der Waals surface area contributed by atoms with Crippen molar-refractivity contribution in [2.45, 2.75) is 130 Å². The fraction of sp³-hybridized carbons (Fsp3) is 0.765. The second-order valence-corrected chi connectivity index (χ2v) is 14.9. The molecular formula is C34H58N2O6S2. The molecule has 0 spiro atoms. The lowest BCUT2D eigenvalue weighted by Gasteiger charge is -2.25. The number of nitrogens with zero attached hydrogens (tertiary/aromatic N) is 2. The molecule has 0 aromatic rings. The third-order valence-electron chi connectivity index (χ3n) is 7.44. The van der Waals surface area contributed by atoms with E-state index in [4.69, 9.17) is 9.68 Å². The molecular weight excluding hydrogens is 597 g/mol. The Kier molecular flexibility index (Phi) is 20.5. The molecule has 0 saturated heterocycles. The van der Waals surface area contributed by atoms with Crippen molar-refractivity contribution < 1.29 is 29.5 Å². The predicted octanol–water partition coefficient (Wildman–Crippen LogP) is 9.00. The van der Waals surface area contributed by atoms with Gasteiger partial charge in [0.05, 0.1) is 22.6 Å². The standard InChI is InChI=1S/2C17H29NO3S/c2*1-5-8-14(18-21-6-2)17-15(19)10-13(11-16(17)20)9-12(4)22-7-3/h2*12-13,19H,5-11H2,1-4H3/b2*18-14+. The number of hydrogen-bond donors (Lipinski definition) is 2. The van der Waals surface area contributed by atoms with E-state index in [0.717, 1.165) is 37.2 Å². The maximum absolute atomic E-state index is 12.5. The van der Waals surface area contributed by atoms with Gasteiger partial charge in [0.2, 0.25) is 0 Å². The van der Waals surface area contributed by atoms with E-state index in [2.05, 4.69) is 38.0 Å². The number of aliphatic hydroxyl groups excluding tert-OH is 2. The molecule has 2 rings (SSSR count). The van der Waals surface area contributed by atoms with E-state index >= 15 is 0 Å². The molecule has 0 amide bonds. The Morgan fingerprint density at radius 1 is 0.705 bits per heavy atom. The maximum Gasteiger partial charge on any atom is 0.168 e. The van der Waals surface area contributed by atoms with Gasteiger partial charge in [-0.1, -0.05) is 64.7 Å². The molecule has 10 heteroatoms. The molecule has 4 unspecified atom stereocenters. The second-order valence-electron chi connectivity index (χ2n) is 11.5. The summed E-state index contributed by atoms with van der Waals surface area (Å²) in [5.74, 6) is 3.04. The molecule has 0 heterocycles. The van der Waals surface area contributed by atoms with E-state index in [-0.39, 0.29) is 34.9 Å². The summed E-state index contributed by atoms with van der Waals surface area (Å²) < 4.78 is 0. The van der Waals surface area contributed by atoms with Gasteiger partial charge in [-0.05, 0) is 62.9 Å². The molecule has 2 aliphatic carbocycles. The van der Waals surface area contributed by atoms with Gasteiger partial charge in [-0.2, -0.15) is 23.5 Å². The molecule has 0 bridgehead atoms. The Morgan fingerprint density at radius 3 is 1.34 bits per heavy atom. The lowest BCUT2D eigenvalue weighted by Crippen LogP contribution is -2.26. The van der Waals surface area contributed by atoms with Gasteiger partial charge in [0, 0.05) is 36.2 Å². The van der Waals surface area contributed by atoms with Gasteiger partial charge in [-0.15, -0.1) is 0 Å². The highest BCUT2D eigenvalue weighted by molar-refractivity contribution is 8.00. The van der Waals surface area contributed by atoms with Crippen molar-refractivity contribution in [2.75, 3.05) is 24.7 Å². The molecule has 44 heavy (non-hydrogen) atoms. The van der Waals surface area contributed by atoms with Crippen LogP contribution in [0.2, 0.25) is 0 Å². The van der Waals surface area contributed by atoms with Crippen molar-refractivity contribution >= 4 is 46.5 Å². The summed E-state index contributed by atoms with van der Waals surface area (Å²) >= 11 is 3.80. The number of allylic oxidation sites excluding steroid dienone is 4. The van der Waals surface area contributed by atoms with Gasteiger partial charge in [0.15, 0.2) is 11.6 Å². The van der Waals surface area contributed by atoms with Crippen LogP contribution in [0.3, 0.4) is 0 Å². The van der Waals surface area contributed by atoms with Crippen molar-refractivity contribution in [3.05, 3.63) is 22.7 Å². The number of Topliss-reactive ketones (excluding diaryl/α,β-unsaturated/α-hetero) is 2. The highest BCUT2D eigenvalue weighted by Gasteiger charge is 2.32. The van der Waals surface area contributed by atoms with Crippen LogP contribution in [-0.4, -0.2) is 68.4 Å². The minimum atomic E-state index is 0.00866. The summed E-state index contributed by atoms with van der Waals surface area (Å²) in [6.45, 7) is 17.3. The number of thioether (sulfide) groups is 2. The molecule has 0 radical (unpaired) electrons. The van der Waals surface area contributed by atoms with Crippen LogP contribution in [0.1, 0.15) is 120 Å². The first-order valence-electron chi connectivity index (χ1n) is 16.6. The summed E-state index contributed by atoms with van der Waals surface area (Å²) in [6.07, 6.45) is 7.12. The van der Waals surface area contributed by atoms with Crippen molar-refractivity contribution in [3.63, 3.8) is 0 Å². The molecule has 2 aliphatic rings. The van der Waals surface area contributed by atoms with E-state index in [0.29, 0.717) is 84.8 Å². The van der Waals surface area contributed by atoms with Crippen LogP contribution in [-0.2, 0) is 19.3 Å². The average molecular weight is 655 g/mol. The molecule has 252 valence electrons. The molecule has 2 N–H and O–H groups in total. The Hall–Kier alpha value is -1.94. The molecule has 0 fully saturated rings. The lowest BCUT2D eigenvalue weighted by molar-refractivity contribution is -0.117. The van der Waals surface area contributed by atoms with Gasteiger partial charge in [0.1, 0.15) is 24.7 Å². The zero-order chi connectivity index (χ0) is 33.1. The monoisotopic (exact) mass is 654 g/mol. The Balaban J connectivity index is 0.000000440. The summed E-state index contributed by atoms with van der Waals surface area (Å²) in [4.78, 5) is 35.2. The normalized spacial score (nSPS) is 21.2. The van der Waals surface area contributed by atoms with E-state index in [1.807, 2.05) is 51.2 Å². The number of hydrogen-bond acceptors (Lipinski definition) is 10. The fourth-order valence-electron chi connectivity index (χ4n) is 5.77. The molecule has 4 atom stereocenters. The van der Waals surface area contributed by atoms with Gasteiger partial charge >= 0.3 is 0 Å². The minimum absolute atomic E-state index is 0.00866. The van der Waals surface area contributed by atoms with Crippen LogP contribution >= 0.6 is 23.5 Å². The highest BCUT2D eigenvalue weighted by Crippen LogP contribution is 2.34. The summed E-state index contributed by atoms with van der Waals surface area (Å²) in [6, 6.07) is 0. The van der Waals surface area contributed by atoms with Crippen molar-refractivity contribution in [3.8, 4) is 0 Å². The smallest absolute Gasteiger partial charge is 0.168 e. The average Bonchev–Trinajstić information content (AvgIpc) is 2.94. The van der Waals surface area contributed by atoms with Gasteiger partial charge < -0.3 is 19.9 Å². The maximum atomic E-state index is 12.5. The first-order chi connectivity index (χ1) is 21.1. The van der Waals surface area contributed by atoms with Gasteiger partial charge in [-0.3, -0.25) is 9.59 Å². The lowest BCUT2D eigenvalue weighted by atomic mass is 9.82. The zero-order valence-electron chi connectivity index (χ0n) is 28.4. The van der Waals surface area contributed by atoms with Crippen LogP contribution in [0, 0.1) is 11.8 Å². The SMILES string of the molecule is CCC/C(=N\OCC)C1=C(O)CC(CC(C)SCC)CC1=O.CCC/C(=N\OCC)C1=C(O)CC(CC(C)SCC)CC1=O. The van der Waals surface area contributed by atoms with Crippen molar-refractivity contribution in [1.29, 1.82) is 0 Å². The van der Waals surface area contributed by atoms with Crippen LogP contribution in [0.25, 0.3) is 0 Å². The summed E-state index contributed by atoms with van der Waals surface area (Å²) in [5, 5.41) is 29.9. The van der Waals surface area contributed by atoms with Crippen LogP contribution in [0.5, 0.6) is 0 Å². The Labute approximate surface area is 274 Å². The van der Waals surface area contributed by atoms with Crippen molar-refractivity contribution in [2.24, 2.45) is 22.1 Å². The van der Waals surface area contributed by atoms with E-state index in [1.54, 1.807) is 0 Å². The number of ketones is 2. The third-order valence-corrected chi connectivity index (χ3v) is 9.63. The number of oxime groups is 2. The Bertz CT molecular complexity index is 943. The predicted molar refractivity (Wildman–Crippen MR) is 187 cm³/mol. The topological polar surface area (TPSA) is 118 Å². The summed E-state index contributed by atoms with van der Waals surface area (Å²) in [5.41, 5.74) is 2.01. The number of carbonyl (C=O) groups is 2. The van der Waals surface area contributed by atoms with Crippen LogP contribution in [0.4, 0.5) is 0 Å². The highest BCUT2D eigenvalue weighted by atomic mass is 32.2. The van der Waals surface area contributed by atoms with E-state index in [1.165, 1.54) is 0 Å². The van der Waals surface area contributed by atoms with Crippen molar-refractivity contribution in [1.82, 2.24) is 0 Å². The van der Waals surface area contributed by atoms with Crippen LogP contribution < -0.4 is 0 Å². The number of carbonyl (C=O) groups excluding carboxylic acids is 2. The quantitative estimate of drug-likeness (QED) is 0.111. The second kappa shape index (κ2) is 22.5. The first-order valence-corrected chi connectivity index (χ1v) is 18.7. The molecule has 0 aromatic heterocycles. The van der Waals surface area contributed by atoms with Gasteiger partial charge in [-0.25, -0.2) is 0 Å². The van der Waals surface area contributed by atoms with E-state index in [9.17, 15) is 19.8 Å². The Morgan fingerprint density at radius 2 is 1.07 bits per heavy atom. The summed E-state index contributed by atoms with van der Waals surface area (Å²) in [7, 11) is 0. The van der Waals surface area contributed by atoms with Gasteiger partial charge in [0.25, 0.3) is 0 Å². The molecule has 0 aliphatic heterocycles. The van der Waals surface area contributed by atoms with E-state index < -0.39 is 0 Å². The molecule has 0 saturated carbocycles. The zero-order valence-corrected chi connectivity index (χ0v) is 30.1. The first kappa shape index (κ1) is 40.1. The molecule has 8 nitrogen and oxygen atoms in total. The largest absolute Gasteiger partial charge is 0.511 e. The third kappa shape index (κ3) is 14.0. The number of rotatable bonds is 18.